The molecular weight excluding hydrogens is 252 g/mol. The molecule has 2 aliphatic carbocycles. The molecule has 4 heteroatoms. The lowest BCUT2D eigenvalue weighted by Gasteiger charge is -2.45. The summed E-state index contributed by atoms with van der Waals surface area (Å²) >= 11 is 0. The number of piperazine rings is 1. The number of hydrogen-bond donors (Lipinski definition) is 2. The monoisotopic (exact) mass is 278 g/mol. The van der Waals surface area contributed by atoms with Gasteiger partial charge in [0.15, 0.2) is 0 Å². The van der Waals surface area contributed by atoms with E-state index in [9.17, 15) is 9.59 Å². The van der Waals surface area contributed by atoms with Crippen LogP contribution in [0.4, 0.5) is 0 Å². The Labute approximate surface area is 121 Å². The quantitative estimate of drug-likeness (QED) is 0.715. The first-order chi connectivity index (χ1) is 9.67. The van der Waals surface area contributed by atoms with Crippen LogP contribution in [-0.4, -0.2) is 22.9 Å². The zero-order valence-corrected chi connectivity index (χ0v) is 12.3. The Morgan fingerprint density at radius 3 is 1.15 bits per heavy atom. The summed E-state index contributed by atoms with van der Waals surface area (Å²) in [7, 11) is 0. The van der Waals surface area contributed by atoms with Crippen LogP contribution in [0.3, 0.4) is 0 Å². The second-order valence-corrected chi connectivity index (χ2v) is 6.90. The summed E-state index contributed by atoms with van der Waals surface area (Å²) < 4.78 is 0. The maximum atomic E-state index is 12.7. The summed E-state index contributed by atoms with van der Waals surface area (Å²) in [4.78, 5) is 25.5. The topological polar surface area (TPSA) is 58.2 Å². The van der Waals surface area contributed by atoms with Crippen LogP contribution < -0.4 is 10.6 Å². The largest absolute Gasteiger partial charge is 0.340 e. The molecule has 112 valence electrons. The molecule has 2 amide bonds. The maximum Gasteiger partial charge on any atom is 0.246 e. The van der Waals surface area contributed by atoms with Crippen molar-refractivity contribution in [2.45, 2.75) is 88.1 Å². The Kier molecular flexibility index (Phi) is 3.74. The first kappa shape index (κ1) is 13.9. The molecule has 3 rings (SSSR count). The predicted octanol–water partition coefficient (Wildman–Crippen LogP) is 2.42. The summed E-state index contributed by atoms with van der Waals surface area (Å²) in [5.41, 5.74) is -1.21. The summed E-state index contributed by atoms with van der Waals surface area (Å²) in [6.07, 6.45) is 12.1. The van der Waals surface area contributed by atoms with E-state index in [1.807, 2.05) is 0 Å². The van der Waals surface area contributed by atoms with Gasteiger partial charge in [0.05, 0.1) is 0 Å². The molecule has 1 heterocycles. The van der Waals surface area contributed by atoms with Gasteiger partial charge in [-0.2, -0.15) is 0 Å². The van der Waals surface area contributed by atoms with Crippen molar-refractivity contribution in [3.05, 3.63) is 0 Å². The van der Waals surface area contributed by atoms with E-state index in [1.165, 1.54) is 25.7 Å². The van der Waals surface area contributed by atoms with Gasteiger partial charge in [-0.3, -0.25) is 9.59 Å². The molecule has 0 radical (unpaired) electrons. The first-order valence-electron chi connectivity index (χ1n) is 8.32. The van der Waals surface area contributed by atoms with Crippen molar-refractivity contribution in [3.8, 4) is 0 Å². The van der Waals surface area contributed by atoms with Crippen LogP contribution in [-0.2, 0) is 9.59 Å². The van der Waals surface area contributed by atoms with E-state index in [2.05, 4.69) is 10.6 Å². The van der Waals surface area contributed by atoms with Crippen molar-refractivity contribution in [3.63, 3.8) is 0 Å². The van der Waals surface area contributed by atoms with Gasteiger partial charge >= 0.3 is 0 Å². The highest BCUT2D eigenvalue weighted by atomic mass is 16.2. The van der Waals surface area contributed by atoms with Gasteiger partial charge in [0, 0.05) is 0 Å². The molecule has 0 aromatic heterocycles. The van der Waals surface area contributed by atoms with Crippen molar-refractivity contribution in [2.75, 3.05) is 0 Å². The van der Waals surface area contributed by atoms with Gasteiger partial charge in [0.25, 0.3) is 0 Å². The van der Waals surface area contributed by atoms with E-state index < -0.39 is 11.1 Å². The highest BCUT2D eigenvalue weighted by Gasteiger charge is 2.52. The molecule has 0 aromatic carbocycles. The predicted molar refractivity (Wildman–Crippen MR) is 77.2 cm³/mol. The van der Waals surface area contributed by atoms with Crippen molar-refractivity contribution in [1.29, 1.82) is 0 Å². The van der Waals surface area contributed by atoms with Crippen molar-refractivity contribution < 1.29 is 9.59 Å². The molecular formula is C16H26N2O2. The minimum atomic E-state index is -0.606. The van der Waals surface area contributed by atoms with E-state index in [4.69, 9.17) is 0 Å². The Morgan fingerprint density at radius 2 is 0.850 bits per heavy atom. The van der Waals surface area contributed by atoms with Crippen LogP contribution in [0.2, 0.25) is 0 Å². The van der Waals surface area contributed by atoms with Crippen LogP contribution >= 0.6 is 0 Å². The summed E-state index contributed by atoms with van der Waals surface area (Å²) in [6.45, 7) is 0. The highest BCUT2D eigenvalue weighted by Crippen LogP contribution is 2.35. The second kappa shape index (κ2) is 5.38. The van der Waals surface area contributed by atoms with Gasteiger partial charge in [0.1, 0.15) is 11.1 Å². The Balaban J connectivity index is 1.81. The molecule has 20 heavy (non-hydrogen) atoms. The molecule has 0 bridgehead atoms. The standard InChI is InChI=1S/C16H26N2O2/c19-13-15(9-5-1-2-6-10-15)17-14(20)16(18-13)11-7-3-4-8-12-16/h1-12H2,(H,17,20)(H,18,19). The minimum Gasteiger partial charge on any atom is -0.340 e. The lowest BCUT2D eigenvalue weighted by Crippen LogP contribution is -2.74. The fourth-order valence-electron chi connectivity index (χ4n) is 4.16. The fourth-order valence-corrected chi connectivity index (χ4v) is 4.16. The Morgan fingerprint density at radius 1 is 0.550 bits per heavy atom. The number of amides is 2. The molecule has 3 aliphatic rings. The van der Waals surface area contributed by atoms with Gasteiger partial charge in [-0.1, -0.05) is 51.4 Å². The van der Waals surface area contributed by atoms with E-state index in [-0.39, 0.29) is 11.8 Å². The molecule has 1 saturated heterocycles. The van der Waals surface area contributed by atoms with E-state index in [0.717, 1.165) is 51.4 Å². The number of nitrogens with one attached hydrogen (secondary N) is 2. The molecule has 2 spiro atoms. The SMILES string of the molecule is O=C1NC2(CCCCCC2)C(=O)NC12CCCCCC2. The fraction of sp³-hybridized carbons (Fsp3) is 0.875. The third-order valence-corrected chi connectivity index (χ3v) is 5.49. The normalized spacial score (nSPS) is 29.4. The lowest BCUT2D eigenvalue weighted by molar-refractivity contribution is -0.147. The molecule has 0 aromatic rings. The zero-order valence-electron chi connectivity index (χ0n) is 12.3. The average Bonchev–Trinajstić information content (AvgIpc) is 2.79. The number of carbonyl (C=O) groups is 2. The van der Waals surface area contributed by atoms with Gasteiger partial charge in [-0.25, -0.2) is 0 Å². The van der Waals surface area contributed by atoms with Crippen LogP contribution in [0.1, 0.15) is 77.0 Å². The summed E-state index contributed by atoms with van der Waals surface area (Å²) in [6, 6.07) is 0. The number of rotatable bonds is 0. The van der Waals surface area contributed by atoms with E-state index in [1.54, 1.807) is 0 Å². The molecule has 1 aliphatic heterocycles. The molecule has 3 fully saturated rings. The van der Waals surface area contributed by atoms with Crippen molar-refractivity contribution >= 4 is 11.8 Å². The van der Waals surface area contributed by atoms with Gasteiger partial charge < -0.3 is 10.6 Å². The molecule has 2 N–H and O–H groups in total. The Bertz CT molecular complexity index is 351. The lowest BCUT2D eigenvalue weighted by atomic mass is 9.79. The number of carbonyl (C=O) groups excluding carboxylic acids is 2. The average molecular weight is 278 g/mol. The van der Waals surface area contributed by atoms with Gasteiger partial charge in [-0.15, -0.1) is 0 Å². The first-order valence-corrected chi connectivity index (χ1v) is 8.32. The summed E-state index contributed by atoms with van der Waals surface area (Å²) in [5, 5.41) is 6.32. The third-order valence-electron chi connectivity index (χ3n) is 5.49. The molecule has 4 nitrogen and oxygen atoms in total. The highest BCUT2D eigenvalue weighted by molar-refractivity contribution is 6.02. The zero-order chi connectivity index (χ0) is 14.1. The third kappa shape index (κ3) is 2.33. The molecule has 2 saturated carbocycles. The molecule has 0 atom stereocenters. The van der Waals surface area contributed by atoms with E-state index >= 15 is 0 Å². The van der Waals surface area contributed by atoms with E-state index in [0.29, 0.717) is 0 Å². The van der Waals surface area contributed by atoms with Crippen molar-refractivity contribution in [2.24, 2.45) is 0 Å². The maximum absolute atomic E-state index is 12.7. The van der Waals surface area contributed by atoms with Crippen LogP contribution in [0.5, 0.6) is 0 Å². The van der Waals surface area contributed by atoms with Crippen molar-refractivity contribution in [1.82, 2.24) is 10.6 Å². The molecule has 0 unspecified atom stereocenters. The van der Waals surface area contributed by atoms with Crippen LogP contribution in [0.15, 0.2) is 0 Å². The smallest absolute Gasteiger partial charge is 0.246 e. The Hall–Kier alpha value is -1.06. The number of hydrogen-bond acceptors (Lipinski definition) is 2. The van der Waals surface area contributed by atoms with Crippen LogP contribution in [0.25, 0.3) is 0 Å². The van der Waals surface area contributed by atoms with Crippen LogP contribution in [0, 0.1) is 0 Å². The van der Waals surface area contributed by atoms with Gasteiger partial charge in [-0.05, 0) is 25.7 Å². The van der Waals surface area contributed by atoms with Gasteiger partial charge in [0.2, 0.25) is 11.8 Å². The summed E-state index contributed by atoms with van der Waals surface area (Å²) in [5.74, 6) is 0.168. The second-order valence-electron chi connectivity index (χ2n) is 6.90. The minimum absolute atomic E-state index is 0.0842.